The fourth-order valence-corrected chi connectivity index (χ4v) is 3.86. The predicted octanol–water partition coefficient (Wildman–Crippen LogP) is 5.07. The highest BCUT2D eigenvalue weighted by molar-refractivity contribution is 9.10. The standard InChI is InChI=1S/C23H26BrN5O5/c1-14(12-25-20-11-17(24)6-7-21(20)29(32)33)5-4-8-34-22-18(13-26-28(22)3)19-10-16(23(30)31)9-15(2)27-19/h6-7,9-11,13-14,25H,4-5,8,12H2,1-3H3,(H,30,31). The molecule has 1 atom stereocenters. The first-order valence-electron chi connectivity index (χ1n) is 10.7. The lowest BCUT2D eigenvalue weighted by molar-refractivity contribution is -0.384. The number of benzene rings is 1. The van der Waals surface area contributed by atoms with E-state index in [0.717, 1.165) is 17.3 Å². The van der Waals surface area contributed by atoms with Crippen LogP contribution >= 0.6 is 15.9 Å². The number of nitro groups is 1. The van der Waals surface area contributed by atoms with Gasteiger partial charge in [0.15, 0.2) is 0 Å². The molecule has 3 aromatic rings. The van der Waals surface area contributed by atoms with E-state index in [1.807, 2.05) is 0 Å². The van der Waals surface area contributed by atoms with Crippen molar-refractivity contribution in [2.24, 2.45) is 13.0 Å². The molecule has 0 aliphatic rings. The van der Waals surface area contributed by atoms with E-state index < -0.39 is 10.9 Å². The summed E-state index contributed by atoms with van der Waals surface area (Å²) >= 11 is 3.35. The van der Waals surface area contributed by atoms with Crippen LogP contribution in [0.4, 0.5) is 11.4 Å². The smallest absolute Gasteiger partial charge is 0.335 e. The van der Waals surface area contributed by atoms with E-state index in [9.17, 15) is 20.0 Å². The summed E-state index contributed by atoms with van der Waals surface area (Å²) < 4.78 is 8.34. The van der Waals surface area contributed by atoms with Gasteiger partial charge in [-0.15, -0.1) is 0 Å². The highest BCUT2D eigenvalue weighted by Crippen LogP contribution is 2.30. The molecule has 0 saturated heterocycles. The lowest BCUT2D eigenvalue weighted by Crippen LogP contribution is -2.14. The summed E-state index contributed by atoms with van der Waals surface area (Å²) in [6.45, 7) is 4.83. The Morgan fingerprint density at radius 3 is 2.82 bits per heavy atom. The Hall–Kier alpha value is -3.47. The van der Waals surface area contributed by atoms with Crippen LogP contribution in [0.25, 0.3) is 11.3 Å². The number of aromatic nitrogens is 3. The van der Waals surface area contributed by atoms with Gasteiger partial charge in [-0.3, -0.25) is 15.1 Å². The number of hydrogen-bond donors (Lipinski definition) is 2. The molecule has 1 aromatic carbocycles. The minimum atomic E-state index is -1.02. The van der Waals surface area contributed by atoms with Crippen molar-refractivity contribution in [1.82, 2.24) is 14.8 Å². The zero-order chi connectivity index (χ0) is 24.8. The molecule has 0 bridgehead atoms. The molecular weight excluding hydrogens is 506 g/mol. The molecule has 0 aliphatic heterocycles. The number of carboxylic acid groups (broad SMARTS) is 1. The van der Waals surface area contributed by atoms with Crippen molar-refractivity contribution in [2.45, 2.75) is 26.7 Å². The monoisotopic (exact) mass is 531 g/mol. The molecule has 0 radical (unpaired) electrons. The number of nitro benzene ring substituents is 1. The molecule has 0 saturated carbocycles. The number of carbonyl (C=O) groups is 1. The van der Waals surface area contributed by atoms with Gasteiger partial charge in [0.1, 0.15) is 5.69 Å². The summed E-state index contributed by atoms with van der Waals surface area (Å²) in [5, 5.41) is 28.0. The number of hydrogen-bond acceptors (Lipinski definition) is 7. The maximum atomic E-state index is 11.4. The number of aromatic carboxylic acids is 1. The fraction of sp³-hybridized carbons (Fsp3) is 0.348. The lowest BCUT2D eigenvalue weighted by atomic mass is 10.1. The first-order chi connectivity index (χ1) is 16.2. The van der Waals surface area contributed by atoms with Crippen molar-refractivity contribution < 1.29 is 19.6 Å². The second-order valence-corrected chi connectivity index (χ2v) is 8.99. The molecule has 34 heavy (non-hydrogen) atoms. The van der Waals surface area contributed by atoms with Gasteiger partial charge in [-0.25, -0.2) is 9.48 Å². The molecule has 0 fully saturated rings. The van der Waals surface area contributed by atoms with Gasteiger partial charge < -0.3 is 15.2 Å². The summed E-state index contributed by atoms with van der Waals surface area (Å²) in [4.78, 5) is 26.7. The molecule has 180 valence electrons. The number of rotatable bonds is 11. The van der Waals surface area contributed by atoms with Crippen molar-refractivity contribution in [2.75, 3.05) is 18.5 Å². The predicted molar refractivity (Wildman–Crippen MR) is 131 cm³/mol. The van der Waals surface area contributed by atoms with Gasteiger partial charge in [0.25, 0.3) is 5.69 Å². The largest absolute Gasteiger partial charge is 0.478 e. The Morgan fingerprint density at radius 1 is 1.35 bits per heavy atom. The van der Waals surface area contributed by atoms with Gasteiger partial charge in [0.2, 0.25) is 5.88 Å². The van der Waals surface area contributed by atoms with Crippen molar-refractivity contribution >= 4 is 33.3 Å². The first-order valence-corrected chi connectivity index (χ1v) is 11.5. The third-order valence-electron chi connectivity index (χ3n) is 5.24. The van der Waals surface area contributed by atoms with Gasteiger partial charge in [-0.05, 0) is 49.9 Å². The summed E-state index contributed by atoms with van der Waals surface area (Å²) in [7, 11) is 1.75. The second kappa shape index (κ2) is 11.1. The van der Waals surface area contributed by atoms with Crippen molar-refractivity contribution in [1.29, 1.82) is 0 Å². The number of nitrogens with one attached hydrogen (secondary N) is 1. The van der Waals surface area contributed by atoms with Crippen LogP contribution in [0.1, 0.15) is 35.8 Å². The number of aryl methyl sites for hydroxylation is 2. The molecule has 11 heteroatoms. The van der Waals surface area contributed by atoms with E-state index in [0.29, 0.717) is 41.7 Å². The third-order valence-corrected chi connectivity index (χ3v) is 5.73. The van der Waals surface area contributed by atoms with Crippen LogP contribution in [0.2, 0.25) is 0 Å². The highest BCUT2D eigenvalue weighted by atomic mass is 79.9. The summed E-state index contributed by atoms with van der Waals surface area (Å²) in [6.07, 6.45) is 3.21. The Bertz CT molecular complexity index is 1200. The topological polar surface area (TPSA) is 132 Å². The number of pyridine rings is 1. The number of halogens is 1. The first kappa shape index (κ1) is 25.2. The Kier molecular flexibility index (Phi) is 8.21. The van der Waals surface area contributed by atoms with Crippen LogP contribution in [0.5, 0.6) is 5.88 Å². The van der Waals surface area contributed by atoms with Gasteiger partial charge in [0, 0.05) is 29.8 Å². The molecule has 0 amide bonds. The second-order valence-electron chi connectivity index (χ2n) is 8.07. The number of nitrogens with zero attached hydrogens (tertiary/aromatic N) is 4. The van der Waals surface area contributed by atoms with E-state index in [2.05, 4.69) is 38.3 Å². The van der Waals surface area contributed by atoms with E-state index in [4.69, 9.17) is 4.74 Å². The summed E-state index contributed by atoms with van der Waals surface area (Å²) in [5.74, 6) is -0.247. The zero-order valence-corrected chi connectivity index (χ0v) is 20.7. The maximum absolute atomic E-state index is 11.4. The normalized spacial score (nSPS) is 11.8. The summed E-state index contributed by atoms with van der Waals surface area (Å²) in [5.41, 5.74) is 2.40. The third kappa shape index (κ3) is 6.31. The average molecular weight is 532 g/mol. The van der Waals surface area contributed by atoms with Crippen LogP contribution in [0.3, 0.4) is 0 Å². The number of ether oxygens (including phenoxy) is 1. The molecule has 2 N–H and O–H groups in total. The van der Waals surface area contributed by atoms with Crippen LogP contribution < -0.4 is 10.1 Å². The number of carboxylic acids is 1. The number of anilines is 1. The molecule has 2 heterocycles. The lowest BCUT2D eigenvalue weighted by Gasteiger charge is -2.15. The fourth-order valence-electron chi connectivity index (χ4n) is 3.50. The van der Waals surface area contributed by atoms with E-state index in [1.165, 1.54) is 18.2 Å². The van der Waals surface area contributed by atoms with E-state index in [1.54, 1.807) is 37.0 Å². The van der Waals surface area contributed by atoms with Crippen LogP contribution in [0.15, 0.2) is 41.0 Å². The molecule has 2 aromatic heterocycles. The molecule has 0 aliphatic carbocycles. The zero-order valence-electron chi connectivity index (χ0n) is 19.1. The minimum absolute atomic E-state index is 0.0401. The molecule has 10 nitrogen and oxygen atoms in total. The molecular formula is C23H26BrN5O5. The van der Waals surface area contributed by atoms with Crippen LogP contribution in [-0.4, -0.2) is 43.9 Å². The molecule has 1 unspecified atom stereocenters. The van der Waals surface area contributed by atoms with Crippen molar-refractivity contribution in [3.63, 3.8) is 0 Å². The van der Waals surface area contributed by atoms with Crippen molar-refractivity contribution in [3.05, 3.63) is 62.4 Å². The van der Waals surface area contributed by atoms with Crippen LogP contribution in [0, 0.1) is 23.0 Å². The van der Waals surface area contributed by atoms with E-state index >= 15 is 0 Å². The van der Waals surface area contributed by atoms with Gasteiger partial charge in [-0.2, -0.15) is 5.10 Å². The SMILES string of the molecule is Cc1cc(C(=O)O)cc(-c2cnn(C)c2OCCCC(C)CNc2cc(Br)ccc2[N+](=O)[O-])n1. The van der Waals surface area contributed by atoms with Gasteiger partial charge >= 0.3 is 5.97 Å². The van der Waals surface area contributed by atoms with E-state index in [-0.39, 0.29) is 17.2 Å². The Balaban J connectivity index is 1.56. The molecule has 0 spiro atoms. The maximum Gasteiger partial charge on any atom is 0.335 e. The molecule has 3 rings (SSSR count). The van der Waals surface area contributed by atoms with Gasteiger partial charge in [0.05, 0.1) is 34.5 Å². The summed E-state index contributed by atoms with van der Waals surface area (Å²) in [6, 6.07) is 7.84. The van der Waals surface area contributed by atoms with Crippen LogP contribution in [-0.2, 0) is 7.05 Å². The Labute approximate surface area is 205 Å². The van der Waals surface area contributed by atoms with Crippen molar-refractivity contribution in [3.8, 4) is 17.1 Å². The Morgan fingerprint density at radius 2 is 2.12 bits per heavy atom. The average Bonchev–Trinajstić information content (AvgIpc) is 3.15. The quantitative estimate of drug-likeness (QED) is 0.199. The van der Waals surface area contributed by atoms with Gasteiger partial charge in [-0.1, -0.05) is 22.9 Å². The minimum Gasteiger partial charge on any atom is -0.478 e. The highest BCUT2D eigenvalue weighted by Gasteiger charge is 2.17.